The minimum atomic E-state index is 0.305. The van der Waals surface area contributed by atoms with E-state index in [1.165, 1.54) is 5.56 Å². The van der Waals surface area contributed by atoms with Crippen LogP contribution in [0.5, 0.6) is 5.75 Å². The molecule has 0 aliphatic rings. The Morgan fingerprint density at radius 1 is 0.947 bits per heavy atom. The largest absolute Gasteiger partial charge is 0.508 e. The first kappa shape index (κ1) is 16.0. The molecule has 108 valence electrons. The highest BCUT2D eigenvalue weighted by molar-refractivity contribution is 5.25. The summed E-state index contributed by atoms with van der Waals surface area (Å²) in [7, 11) is 0. The monoisotopic (exact) mass is 267 g/mol. The Labute approximate surface area is 115 Å². The molecule has 0 bridgehead atoms. The zero-order valence-corrected chi connectivity index (χ0v) is 12.0. The zero-order chi connectivity index (χ0) is 13.9. The minimum Gasteiger partial charge on any atom is -0.508 e. The van der Waals surface area contributed by atoms with Crippen molar-refractivity contribution in [1.82, 2.24) is 4.90 Å². The van der Waals surface area contributed by atoms with Gasteiger partial charge in [-0.15, -0.1) is 0 Å². The third-order valence-corrected chi connectivity index (χ3v) is 2.85. The number of hydrogen-bond acceptors (Lipinski definition) is 4. The second kappa shape index (κ2) is 9.78. The van der Waals surface area contributed by atoms with Crippen LogP contribution in [0.2, 0.25) is 0 Å². The molecule has 0 radical (unpaired) electrons. The first-order valence-electron chi connectivity index (χ1n) is 6.92. The van der Waals surface area contributed by atoms with Crippen LogP contribution in [-0.2, 0) is 16.0 Å². The van der Waals surface area contributed by atoms with E-state index in [1.54, 1.807) is 12.1 Å². The van der Waals surface area contributed by atoms with Gasteiger partial charge in [-0.3, -0.25) is 4.90 Å². The average molecular weight is 267 g/mol. The van der Waals surface area contributed by atoms with E-state index in [-0.39, 0.29) is 0 Å². The molecule has 1 N–H and O–H groups in total. The predicted molar refractivity (Wildman–Crippen MR) is 76.4 cm³/mol. The molecule has 0 spiro atoms. The van der Waals surface area contributed by atoms with Gasteiger partial charge >= 0.3 is 0 Å². The highest BCUT2D eigenvalue weighted by Crippen LogP contribution is 2.11. The van der Waals surface area contributed by atoms with Crippen molar-refractivity contribution in [1.29, 1.82) is 0 Å². The van der Waals surface area contributed by atoms with E-state index in [0.717, 1.165) is 46.1 Å². The number of ether oxygens (including phenoxy) is 2. The lowest BCUT2D eigenvalue weighted by Gasteiger charge is -2.22. The fraction of sp³-hybridized carbons (Fsp3) is 0.600. The summed E-state index contributed by atoms with van der Waals surface area (Å²) in [6.45, 7) is 9.61. The maximum absolute atomic E-state index is 9.28. The van der Waals surface area contributed by atoms with Crippen LogP contribution in [0.3, 0.4) is 0 Å². The molecule has 0 saturated carbocycles. The lowest BCUT2D eigenvalue weighted by molar-refractivity contribution is 0.0798. The second-order valence-corrected chi connectivity index (χ2v) is 4.34. The summed E-state index contributed by atoms with van der Waals surface area (Å²) >= 11 is 0. The lowest BCUT2D eigenvalue weighted by Crippen LogP contribution is -2.30. The third kappa shape index (κ3) is 7.15. The predicted octanol–water partition coefficient (Wildman–Crippen LogP) is 2.27. The molecule has 0 aromatic heterocycles. The van der Waals surface area contributed by atoms with Crippen LogP contribution in [-0.4, -0.2) is 49.5 Å². The summed E-state index contributed by atoms with van der Waals surface area (Å²) < 4.78 is 10.8. The van der Waals surface area contributed by atoms with Gasteiger partial charge in [0.15, 0.2) is 0 Å². The van der Waals surface area contributed by atoms with Gasteiger partial charge in [0.2, 0.25) is 0 Å². The van der Waals surface area contributed by atoms with Gasteiger partial charge in [0.05, 0.1) is 13.2 Å². The summed E-state index contributed by atoms with van der Waals surface area (Å²) in [6.07, 6.45) is 0. The van der Waals surface area contributed by atoms with E-state index in [4.69, 9.17) is 9.47 Å². The van der Waals surface area contributed by atoms with Crippen molar-refractivity contribution < 1.29 is 14.6 Å². The topological polar surface area (TPSA) is 41.9 Å². The van der Waals surface area contributed by atoms with Crippen molar-refractivity contribution in [2.24, 2.45) is 0 Å². The highest BCUT2D eigenvalue weighted by atomic mass is 16.5. The zero-order valence-electron chi connectivity index (χ0n) is 12.0. The van der Waals surface area contributed by atoms with Crippen LogP contribution in [0.4, 0.5) is 0 Å². The standard InChI is InChI=1S/C15H25NO3/c1-3-18-11-9-16(10-12-19-4-2)13-14-5-7-15(17)8-6-14/h5-8,17H,3-4,9-13H2,1-2H3. The fourth-order valence-corrected chi connectivity index (χ4v) is 1.81. The number of phenols is 1. The average Bonchev–Trinajstić information content (AvgIpc) is 2.41. The summed E-state index contributed by atoms with van der Waals surface area (Å²) in [5.41, 5.74) is 1.19. The number of nitrogens with zero attached hydrogens (tertiary/aromatic N) is 1. The van der Waals surface area contributed by atoms with E-state index < -0.39 is 0 Å². The summed E-state index contributed by atoms with van der Waals surface area (Å²) in [5, 5.41) is 9.28. The van der Waals surface area contributed by atoms with Crippen LogP contribution in [0, 0.1) is 0 Å². The highest BCUT2D eigenvalue weighted by Gasteiger charge is 2.06. The SMILES string of the molecule is CCOCCN(CCOCC)Cc1ccc(O)cc1. The Balaban J connectivity index is 2.44. The van der Waals surface area contributed by atoms with Gasteiger partial charge in [-0.05, 0) is 31.5 Å². The molecule has 0 aliphatic heterocycles. The molecule has 1 aromatic rings. The van der Waals surface area contributed by atoms with Crippen molar-refractivity contribution in [3.05, 3.63) is 29.8 Å². The molecule has 0 heterocycles. The third-order valence-electron chi connectivity index (χ3n) is 2.85. The van der Waals surface area contributed by atoms with Gasteiger partial charge in [-0.1, -0.05) is 12.1 Å². The quantitative estimate of drug-likeness (QED) is 0.660. The Kier molecular flexibility index (Phi) is 8.21. The Bertz CT molecular complexity index is 317. The van der Waals surface area contributed by atoms with Crippen molar-refractivity contribution >= 4 is 0 Å². The lowest BCUT2D eigenvalue weighted by atomic mass is 10.2. The molecule has 0 fully saturated rings. The van der Waals surface area contributed by atoms with Crippen LogP contribution in [0.1, 0.15) is 19.4 Å². The molecular weight excluding hydrogens is 242 g/mol. The molecule has 1 rings (SSSR count). The number of rotatable bonds is 10. The van der Waals surface area contributed by atoms with Crippen molar-refractivity contribution in [3.8, 4) is 5.75 Å². The van der Waals surface area contributed by atoms with Gasteiger partial charge in [0.1, 0.15) is 5.75 Å². The summed E-state index contributed by atoms with van der Waals surface area (Å²) in [5.74, 6) is 0.305. The smallest absolute Gasteiger partial charge is 0.115 e. The molecule has 0 unspecified atom stereocenters. The number of hydrogen-bond donors (Lipinski definition) is 1. The minimum absolute atomic E-state index is 0.305. The molecule has 0 aliphatic carbocycles. The van der Waals surface area contributed by atoms with Crippen molar-refractivity contribution in [2.75, 3.05) is 39.5 Å². The van der Waals surface area contributed by atoms with Gasteiger partial charge in [-0.2, -0.15) is 0 Å². The van der Waals surface area contributed by atoms with Crippen LogP contribution >= 0.6 is 0 Å². The molecule has 19 heavy (non-hydrogen) atoms. The van der Waals surface area contributed by atoms with Gasteiger partial charge < -0.3 is 14.6 Å². The first-order valence-corrected chi connectivity index (χ1v) is 6.92. The Hall–Kier alpha value is -1.10. The van der Waals surface area contributed by atoms with Gasteiger partial charge in [0, 0.05) is 32.8 Å². The van der Waals surface area contributed by atoms with Crippen molar-refractivity contribution in [3.63, 3.8) is 0 Å². The van der Waals surface area contributed by atoms with Crippen LogP contribution in [0.25, 0.3) is 0 Å². The second-order valence-electron chi connectivity index (χ2n) is 4.34. The molecule has 0 amide bonds. The number of phenolic OH excluding ortho intramolecular Hbond substituents is 1. The van der Waals surface area contributed by atoms with Crippen LogP contribution < -0.4 is 0 Å². The van der Waals surface area contributed by atoms with E-state index >= 15 is 0 Å². The molecule has 1 aromatic carbocycles. The van der Waals surface area contributed by atoms with E-state index in [9.17, 15) is 5.11 Å². The van der Waals surface area contributed by atoms with Crippen LogP contribution in [0.15, 0.2) is 24.3 Å². The number of aromatic hydroxyl groups is 1. The van der Waals surface area contributed by atoms with Gasteiger partial charge in [0.25, 0.3) is 0 Å². The summed E-state index contributed by atoms with van der Waals surface area (Å²) in [6, 6.07) is 7.34. The first-order chi connectivity index (χ1) is 9.26. The molecule has 0 atom stereocenters. The number of benzene rings is 1. The molecule has 4 nitrogen and oxygen atoms in total. The normalized spacial score (nSPS) is 11.1. The van der Waals surface area contributed by atoms with Crippen molar-refractivity contribution in [2.45, 2.75) is 20.4 Å². The maximum Gasteiger partial charge on any atom is 0.115 e. The van der Waals surface area contributed by atoms with E-state index in [1.807, 2.05) is 26.0 Å². The van der Waals surface area contributed by atoms with Gasteiger partial charge in [-0.25, -0.2) is 0 Å². The summed E-state index contributed by atoms with van der Waals surface area (Å²) in [4.78, 5) is 2.30. The maximum atomic E-state index is 9.28. The Morgan fingerprint density at radius 2 is 1.47 bits per heavy atom. The molecular formula is C15H25NO3. The van der Waals surface area contributed by atoms with E-state index in [2.05, 4.69) is 4.90 Å². The molecule has 4 heteroatoms. The fourth-order valence-electron chi connectivity index (χ4n) is 1.81. The van der Waals surface area contributed by atoms with E-state index in [0.29, 0.717) is 5.75 Å². The molecule has 0 saturated heterocycles. The Morgan fingerprint density at radius 3 is 1.95 bits per heavy atom.